The lowest BCUT2D eigenvalue weighted by molar-refractivity contribution is -0.870. The van der Waals surface area contributed by atoms with E-state index in [1.54, 1.807) is 6.08 Å². The topological polar surface area (TPSA) is 105 Å². The fraction of sp³-hybridized carbons (Fsp3) is 0.942. The molecule has 0 aromatic rings. The molecule has 0 fully saturated rings. The van der Waals surface area contributed by atoms with Gasteiger partial charge in [-0.05, 0) is 19.3 Å². The van der Waals surface area contributed by atoms with Gasteiger partial charge < -0.3 is 19.8 Å². The maximum atomic E-state index is 12.9. The van der Waals surface area contributed by atoms with Gasteiger partial charge in [0.2, 0.25) is 5.91 Å². The number of aliphatic hydroxyl groups is 1. The maximum Gasteiger partial charge on any atom is 0.472 e. The highest BCUT2D eigenvalue weighted by molar-refractivity contribution is 7.47. The Bertz CT molecular complexity index is 1000. The third-order valence-corrected chi connectivity index (χ3v) is 13.2. The molecule has 0 aromatic heterocycles. The zero-order valence-electron chi connectivity index (χ0n) is 41.4. The summed E-state index contributed by atoms with van der Waals surface area (Å²) in [5, 5.41) is 13.9. The number of aliphatic hydroxyl groups excluding tert-OH is 1. The molecular formula is C52H106N2O6P+. The number of hydrogen-bond donors (Lipinski definition) is 3. The highest BCUT2D eigenvalue weighted by atomic mass is 31.2. The second-order valence-corrected chi connectivity index (χ2v) is 21.1. The van der Waals surface area contributed by atoms with Gasteiger partial charge in [-0.15, -0.1) is 0 Å². The molecule has 0 aliphatic rings. The van der Waals surface area contributed by atoms with Gasteiger partial charge in [-0.3, -0.25) is 13.8 Å². The number of likely N-dealkylation sites (N-methyl/N-ethyl adjacent to an activating group) is 1. The Balaban J connectivity index is 4.18. The van der Waals surface area contributed by atoms with Crippen LogP contribution >= 0.6 is 7.82 Å². The van der Waals surface area contributed by atoms with E-state index < -0.39 is 20.0 Å². The number of phosphoric acid groups is 1. The van der Waals surface area contributed by atoms with Crippen molar-refractivity contribution < 1.29 is 32.9 Å². The Morgan fingerprint density at radius 2 is 0.869 bits per heavy atom. The van der Waals surface area contributed by atoms with Crippen molar-refractivity contribution in [2.45, 2.75) is 276 Å². The smallest absolute Gasteiger partial charge is 0.387 e. The van der Waals surface area contributed by atoms with Crippen LogP contribution in [0.5, 0.6) is 0 Å². The lowest BCUT2D eigenvalue weighted by Crippen LogP contribution is -2.45. The minimum absolute atomic E-state index is 0.0649. The molecule has 0 bridgehead atoms. The first kappa shape index (κ1) is 60.2. The van der Waals surface area contributed by atoms with Crippen LogP contribution in [0.25, 0.3) is 0 Å². The van der Waals surface area contributed by atoms with Crippen LogP contribution < -0.4 is 5.32 Å². The largest absolute Gasteiger partial charge is 0.472 e. The summed E-state index contributed by atoms with van der Waals surface area (Å²) in [6.45, 7) is 4.85. The molecule has 9 heteroatoms. The van der Waals surface area contributed by atoms with Crippen molar-refractivity contribution in [3.8, 4) is 0 Å². The molecule has 0 aliphatic carbocycles. The number of nitrogens with one attached hydrogen (secondary N) is 1. The molecule has 1 unspecified atom stereocenters. The van der Waals surface area contributed by atoms with E-state index in [1.807, 2.05) is 27.2 Å². The molecule has 8 nitrogen and oxygen atoms in total. The Hall–Kier alpha value is -0.760. The minimum atomic E-state index is -4.34. The Labute approximate surface area is 380 Å². The molecule has 0 radical (unpaired) electrons. The number of quaternary nitrogens is 1. The van der Waals surface area contributed by atoms with Gasteiger partial charge in [0.15, 0.2) is 0 Å². The van der Waals surface area contributed by atoms with Crippen molar-refractivity contribution in [3.05, 3.63) is 12.2 Å². The number of allylic oxidation sites excluding steroid dienone is 1. The van der Waals surface area contributed by atoms with Gasteiger partial charge in [0.05, 0.1) is 39.9 Å². The zero-order chi connectivity index (χ0) is 45.0. The second kappa shape index (κ2) is 44.4. The van der Waals surface area contributed by atoms with Crippen LogP contribution in [0.1, 0.15) is 264 Å². The summed E-state index contributed by atoms with van der Waals surface area (Å²) >= 11 is 0. The number of amides is 1. The average Bonchev–Trinajstić information content (AvgIpc) is 3.21. The van der Waals surface area contributed by atoms with E-state index in [-0.39, 0.29) is 19.1 Å². The fourth-order valence-corrected chi connectivity index (χ4v) is 8.78. The molecule has 3 atom stereocenters. The van der Waals surface area contributed by atoms with Crippen LogP contribution in [0.2, 0.25) is 0 Å². The Kier molecular flexibility index (Phi) is 43.9. The van der Waals surface area contributed by atoms with Crippen molar-refractivity contribution in [2.75, 3.05) is 40.9 Å². The first-order valence-electron chi connectivity index (χ1n) is 26.6. The molecule has 0 spiro atoms. The molecule has 0 saturated heterocycles. The predicted molar refractivity (Wildman–Crippen MR) is 263 cm³/mol. The van der Waals surface area contributed by atoms with Gasteiger partial charge >= 0.3 is 7.82 Å². The number of nitrogens with zero attached hydrogens (tertiary/aromatic N) is 1. The van der Waals surface area contributed by atoms with Gasteiger partial charge in [-0.1, -0.05) is 251 Å². The van der Waals surface area contributed by atoms with Gasteiger partial charge in [-0.2, -0.15) is 0 Å². The lowest BCUT2D eigenvalue weighted by atomic mass is 10.0. The van der Waals surface area contributed by atoms with Gasteiger partial charge in [0.1, 0.15) is 13.2 Å². The summed E-state index contributed by atoms with van der Waals surface area (Å²) in [5.74, 6) is -0.171. The van der Waals surface area contributed by atoms with Crippen LogP contribution in [0, 0.1) is 0 Å². The van der Waals surface area contributed by atoms with Crippen LogP contribution in [-0.2, 0) is 18.4 Å². The van der Waals surface area contributed by atoms with Crippen LogP contribution in [-0.4, -0.2) is 73.4 Å². The van der Waals surface area contributed by atoms with Crippen LogP contribution in [0.15, 0.2) is 12.2 Å². The summed E-state index contributed by atoms with van der Waals surface area (Å²) < 4.78 is 23.6. The van der Waals surface area contributed by atoms with Crippen molar-refractivity contribution in [1.29, 1.82) is 0 Å². The third kappa shape index (κ3) is 47.0. The van der Waals surface area contributed by atoms with Crippen LogP contribution in [0.4, 0.5) is 0 Å². The highest BCUT2D eigenvalue weighted by Gasteiger charge is 2.27. The SMILES string of the molecule is CCCCCCCCCCCCCCC/C=C/[C@@H](O)[C@H](COP(=O)(O)OCC[N+](C)(C)C)NC(=O)CCCCCCCCCCCCCCCCCCCCCCCCCC. The number of hydrogen-bond acceptors (Lipinski definition) is 5. The summed E-state index contributed by atoms with van der Waals surface area (Å²) in [6.07, 6.45) is 53.0. The van der Waals surface area contributed by atoms with Gasteiger partial charge in [-0.25, -0.2) is 4.57 Å². The number of unbranched alkanes of at least 4 members (excludes halogenated alkanes) is 36. The maximum absolute atomic E-state index is 12.9. The summed E-state index contributed by atoms with van der Waals surface area (Å²) in [6, 6.07) is -0.841. The minimum Gasteiger partial charge on any atom is -0.387 e. The molecule has 0 saturated carbocycles. The predicted octanol–water partition coefficient (Wildman–Crippen LogP) is 15.5. The number of carbonyl (C=O) groups is 1. The molecule has 3 N–H and O–H groups in total. The quantitative estimate of drug-likeness (QED) is 0.0243. The van der Waals surface area contributed by atoms with E-state index >= 15 is 0 Å². The molecular weight excluding hydrogens is 780 g/mol. The third-order valence-electron chi connectivity index (χ3n) is 12.3. The zero-order valence-corrected chi connectivity index (χ0v) is 42.3. The van der Waals surface area contributed by atoms with E-state index in [9.17, 15) is 19.4 Å². The van der Waals surface area contributed by atoms with Crippen molar-refractivity contribution in [3.63, 3.8) is 0 Å². The Morgan fingerprint density at radius 3 is 1.21 bits per heavy atom. The van der Waals surface area contributed by atoms with Crippen LogP contribution in [0.3, 0.4) is 0 Å². The molecule has 0 heterocycles. The van der Waals surface area contributed by atoms with Crippen molar-refractivity contribution in [2.24, 2.45) is 0 Å². The second-order valence-electron chi connectivity index (χ2n) is 19.6. The Morgan fingerprint density at radius 1 is 0.541 bits per heavy atom. The summed E-state index contributed by atoms with van der Waals surface area (Å²) in [7, 11) is 1.59. The molecule has 1 amide bonds. The molecule has 0 rings (SSSR count). The number of rotatable bonds is 49. The summed E-state index contributed by atoms with van der Waals surface area (Å²) in [5.41, 5.74) is 0. The van der Waals surface area contributed by atoms with E-state index in [0.717, 1.165) is 32.1 Å². The van der Waals surface area contributed by atoms with E-state index in [4.69, 9.17) is 9.05 Å². The van der Waals surface area contributed by atoms with E-state index in [2.05, 4.69) is 19.2 Å². The first-order valence-corrected chi connectivity index (χ1v) is 28.1. The molecule has 364 valence electrons. The lowest BCUT2D eigenvalue weighted by Gasteiger charge is -2.25. The van der Waals surface area contributed by atoms with E-state index in [0.29, 0.717) is 17.4 Å². The normalized spacial score (nSPS) is 14.1. The van der Waals surface area contributed by atoms with Gasteiger partial charge in [0.25, 0.3) is 0 Å². The standard InChI is InChI=1S/C52H105N2O6P/c1-6-8-10-12-14-16-18-20-22-23-24-25-26-27-28-29-30-32-34-36-38-40-42-44-46-52(56)53-50(49-60-61(57,58)59-48-47-54(3,4)5)51(55)45-43-41-39-37-35-33-31-21-19-17-15-13-11-9-7-2/h43,45,50-51,55H,6-42,44,46-49H2,1-5H3,(H-,53,56,57,58)/p+1/b45-43+/t50-,51+/m0/s1. The average molecular weight is 886 g/mol. The monoisotopic (exact) mass is 886 g/mol. The van der Waals surface area contributed by atoms with Crippen molar-refractivity contribution in [1.82, 2.24) is 5.32 Å². The number of carbonyl (C=O) groups excluding carboxylic acids is 1. The van der Waals surface area contributed by atoms with E-state index in [1.165, 1.54) is 212 Å². The molecule has 61 heavy (non-hydrogen) atoms. The van der Waals surface area contributed by atoms with Crippen molar-refractivity contribution >= 4 is 13.7 Å². The fourth-order valence-electron chi connectivity index (χ4n) is 8.04. The molecule has 0 aromatic carbocycles. The summed E-state index contributed by atoms with van der Waals surface area (Å²) in [4.78, 5) is 23.2. The van der Waals surface area contributed by atoms with Gasteiger partial charge in [0, 0.05) is 6.42 Å². The number of phosphoric ester groups is 1. The highest BCUT2D eigenvalue weighted by Crippen LogP contribution is 2.43. The first-order chi connectivity index (χ1) is 29.5. The molecule has 0 aliphatic heterocycles.